The third-order valence-electron chi connectivity index (χ3n) is 1.34. The zero-order valence-electron chi connectivity index (χ0n) is 8.48. The Kier molecular flexibility index (Phi) is 6.07. The molecule has 2 N–H and O–H groups in total. The summed E-state index contributed by atoms with van der Waals surface area (Å²) in [4.78, 5) is 0. The van der Waals surface area contributed by atoms with Crippen molar-refractivity contribution in [2.45, 2.75) is 27.7 Å². The molecule has 72 valence electrons. The Morgan fingerprint density at radius 3 is 1.58 bits per heavy atom. The third kappa shape index (κ3) is 7.79. The maximum atomic E-state index is 5.07. The lowest BCUT2D eigenvalue weighted by molar-refractivity contribution is 0.595. The first-order valence-corrected chi connectivity index (χ1v) is 4.95. The molecular formula is C9H20N2S. The molecule has 12 heavy (non-hydrogen) atoms. The highest BCUT2D eigenvalue weighted by Crippen LogP contribution is 1.88. The summed E-state index contributed by atoms with van der Waals surface area (Å²) in [6.45, 7) is 10.6. The first-order valence-electron chi connectivity index (χ1n) is 4.54. The average Bonchev–Trinajstić information content (AvgIpc) is 1.96. The van der Waals surface area contributed by atoms with Crippen molar-refractivity contribution >= 4 is 17.3 Å². The van der Waals surface area contributed by atoms with Crippen molar-refractivity contribution in [3.63, 3.8) is 0 Å². The smallest absolute Gasteiger partial charge is 0.166 e. The maximum absolute atomic E-state index is 5.07. The lowest BCUT2D eigenvalue weighted by Gasteiger charge is -2.13. The van der Waals surface area contributed by atoms with E-state index in [9.17, 15) is 0 Å². The number of thiocarbonyl (C=S) groups is 1. The average molecular weight is 188 g/mol. The molecule has 0 radical (unpaired) electrons. The van der Waals surface area contributed by atoms with Crippen LogP contribution >= 0.6 is 12.2 Å². The Morgan fingerprint density at radius 2 is 1.33 bits per heavy atom. The van der Waals surface area contributed by atoms with E-state index in [2.05, 4.69) is 38.3 Å². The fourth-order valence-corrected chi connectivity index (χ4v) is 0.823. The predicted molar refractivity (Wildman–Crippen MR) is 58.3 cm³/mol. The summed E-state index contributed by atoms with van der Waals surface area (Å²) >= 11 is 5.07. The minimum absolute atomic E-state index is 0.642. The van der Waals surface area contributed by atoms with Crippen LogP contribution in [0.5, 0.6) is 0 Å². The second-order valence-electron chi connectivity index (χ2n) is 3.88. The summed E-state index contributed by atoms with van der Waals surface area (Å²) < 4.78 is 0. The Balaban J connectivity index is 3.34. The second kappa shape index (κ2) is 6.23. The Hall–Kier alpha value is -0.310. The summed E-state index contributed by atoms with van der Waals surface area (Å²) in [6.07, 6.45) is 0. The van der Waals surface area contributed by atoms with E-state index in [0.29, 0.717) is 11.8 Å². The Labute approximate surface area is 81.1 Å². The summed E-state index contributed by atoms with van der Waals surface area (Å²) in [7, 11) is 0. The summed E-state index contributed by atoms with van der Waals surface area (Å²) in [5.74, 6) is 1.28. The number of nitrogens with one attached hydrogen (secondary N) is 2. The van der Waals surface area contributed by atoms with Gasteiger partial charge in [0.2, 0.25) is 0 Å². The van der Waals surface area contributed by atoms with Gasteiger partial charge in [-0.25, -0.2) is 0 Å². The van der Waals surface area contributed by atoms with Gasteiger partial charge in [-0.05, 0) is 24.1 Å². The molecule has 0 aromatic rings. The van der Waals surface area contributed by atoms with Crippen molar-refractivity contribution in [1.29, 1.82) is 0 Å². The van der Waals surface area contributed by atoms with Crippen LogP contribution in [0.4, 0.5) is 0 Å². The Bertz CT molecular complexity index is 118. The van der Waals surface area contributed by atoms with Crippen LogP contribution in [0.1, 0.15) is 27.7 Å². The number of rotatable bonds is 4. The normalized spacial score (nSPS) is 10.5. The lowest BCUT2D eigenvalue weighted by Crippen LogP contribution is -2.38. The van der Waals surface area contributed by atoms with Gasteiger partial charge in [-0.15, -0.1) is 0 Å². The third-order valence-corrected chi connectivity index (χ3v) is 1.63. The van der Waals surface area contributed by atoms with E-state index < -0.39 is 0 Å². The van der Waals surface area contributed by atoms with Crippen LogP contribution in [0, 0.1) is 11.8 Å². The van der Waals surface area contributed by atoms with Crippen LogP contribution in [-0.2, 0) is 0 Å². The molecule has 0 atom stereocenters. The molecule has 0 amide bonds. The van der Waals surface area contributed by atoms with Gasteiger partial charge in [-0.2, -0.15) is 0 Å². The largest absolute Gasteiger partial charge is 0.362 e. The van der Waals surface area contributed by atoms with E-state index in [4.69, 9.17) is 12.2 Å². The summed E-state index contributed by atoms with van der Waals surface area (Å²) in [5.41, 5.74) is 0. The molecule has 0 saturated carbocycles. The van der Waals surface area contributed by atoms with Crippen molar-refractivity contribution in [3.8, 4) is 0 Å². The topological polar surface area (TPSA) is 24.1 Å². The van der Waals surface area contributed by atoms with Gasteiger partial charge in [0.15, 0.2) is 5.11 Å². The zero-order chi connectivity index (χ0) is 9.56. The quantitative estimate of drug-likeness (QED) is 0.657. The lowest BCUT2D eigenvalue weighted by atomic mass is 10.2. The minimum Gasteiger partial charge on any atom is -0.362 e. The predicted octanol–water partition coefficient (Wildman–Crippen LogP) is 1.76. The van der Waals surface area contributed by atoms with E-state index in [1.54, 1.807) is 0 Å². The van der Waals surface area contributed by atoms with Crippen molar-refractivity contribution in [2.24, 2.45) is 11.8 Å². The van der Waals surface area contributed by atoms with Gasteiger partial charge >= 0.3 is 0 Å². The molecule has 0 aliphatic carbocycles. The fraction of sp³-hybridized carbons (Fsp3) is 0.889. The molecule has 0 fully saturated rings. The molecule has 0 unspecified atom stereocenters. The molecule has 0 heterocycles. The van der Waals surface area contributed by atoms with Crippen LogP contribution < -0.4 is 10.6 Å². The molecule has 0 rings (SSSR count). The van der Waals surface area contributed by atoms with Crippen LogP contribution in [0.25, 0.3) is 0 Å². The standard InChI is InChI=1S/C9H20N2S/c1-7(2)5-10-9(12)11-6-8(3)4/h7-8H,5-6H2,1-4H3,(H2,10,11,12). The highest BCUT2D eigenvalue weighted by Gasteiger charge is 1.98. The molecule has 0 aromatic heterocycles. The van der Waals surface area contributed by atoms with Crippen molar-refractivity contribution in [3.05, 3.63) is 0 Å². The minimum atomic E-state index is 0.642. The van der Waals surface area contributed by atoms with E-state index in [1.807, 2.05) is 0 Å². The first-order chi connectivity index (χ1) is 5.52. The maximum Gasteiger partial charge on any atom is 0.166 e. The van der Waals surface area contributed by atoms with Crippen LogP contribution in [-0.4, -0.2) is 18.2 Å². The molecule has 0 aliphatic heterocycles. The fourth-order valence-electron chi connectivity index (χ4n) is 0.656. The molecule has 0 saturated heterocycles. The molecular weight excluding hydrogens is 168 g/mol. The van der Waals surface area contributed by atoms with Crippen LogP contribution in [0.2, 0.25) is 0 Å². The monoisotopic (exact) mass is 188 g/mol. The highest BCUT2D eigenvalue weighted by molar-refractivity contribution is 7.80. The molecule has 0 bridgehead atoms. The first kappa shape index (κ1) is 11.7. The number of hydrogen-bond acceptors (Lipinski definition) is 1. The van der Waals surface area contributed by atoms with Crippen molar-refractivity contribution in [2.75, 3.05) is 13.1 Å². The van der Waals surface area contributed by atoms with E-state index in [0.717, 1.165) is 18.2 Å². The molecule has 2 nitrogen and oxygen atoms in total. The molecule has 0 spiro atoms. The van der Waals surface area contributed by atoms with Crippen LogP contribution in [0.3, 0.4) is 0 Å². The summed E-state index contributed by atoms with van der Waals surface area (Å²) in [5, 5.41) is 7.09. The van der Waals surface area contributed by atoms with E-state index in [1.165, 1.54) is 0 Å². The van der Waals surface area contributed by atoms with Gasteiger partial charge in [0.05, 0.1) is 0 Å². The molecule has 0 aliphatic rings. The van der Waals surface area contributed by atoms with Gasteiger partial charge in [-0.1, -0.05) is 27.7 Å². The second-order valence-corrected chi connectivity index (χ2v) is 4.29. The Morgan fingerprint density at radius 1 is 1.00 bits per heavy atom. The SMILES string of the molecule is CC(C)CNC(=S)NCC(C)C. The van der Waals surface area contributed by atoms with Gasteiger partial charge in [-0.3, -0.25) is 0 Å². The van der Waals surface area contributed by atoms with Gasteiger partial charge in [0, 0.05) is 13.1 Å². The van der Waals surface area contributed by atoms with Gasteiger partial charge < -0.3 is 10.6 Å². The summed E-state index contributed by atoms with van der Waals surface area (Å²) in [6, 6.07) is 0. The van der Waals surface area contributed by atoms with E-state index >= 15 is 0 Å². The van der Waals surface area contributed by atoms with E-state index in [-0.39, 0.29) is 0 Å². The molecule has 3 heteroatoms. The van der Waals surface area contributed by atoms with Crippen molar-refractivity contribution < 1.29 is 0 Å². The van der Waals surface area contributed by atoms with Crippen LogP contribution in [0.15, 0.2) is 0 Å². The van der Waals surface area contributed by atoms with Crippen molar-refractivity contribution in [1.82, 2.24) is 10.6 Å². The zero-order valence-corrected chi connectivity index (χ0v) is 9.29. The number of hydrogen-bond donors (Lipinski definition) is 2. The molecule has 0 aromatic carbocycles. The highest BCUT2D eigenvalue weighted by atomic mass is 32.1. The van der Waals surface area contributed by atoms with Gasteiger partial charge in [0.1, 0.15) is 0 Å². The van der Waals surface area contributed by atoms with Gasteiger partial charge in [0.25, 0.3) is 0 Å².